The van der Waals surface area contributed by atoms with E-state index in [1.165, 1.54) is 18.4 Å². The molecule has 2 aromatic heterocycles. The largest absolute Gasteiger partial charge is 0.480 e. The summed E-state index contributed by atoms with van der Waals surface area (Å²) in [5.74, 6) is 2.00. The Balaban J connectivity index is 1.53. The third kappa shape index (κ3) is 3.53. The van der Waals surface area contributed by atoms with Gasteiger partial charge in [0.1, 0.15) is 11.1 Å². The highest BCUT2D eigenvalue weighted by atomic mass is 16.5. The maximum absolute atomic E-state index is 6.56. The molecule has 6 heteroatoms. The average molecular weight is 455 g/mol. The monoisotopic (exact) mass is 454 g/mol. The molecule has 1 aliphatic heterocycles. The molecular formula is C28H30N4O2. The summed E-state index contributed by atoms with van der Waals surface area (Å²) in [5, 5.41) is 0.808. The van der Waals surface area contributed by atoms with E-state index >= 15 is 0 Å². The predicted octanol–water partition coefficient (Wildman–Crippen LogP) is 5.89. The van der Waals surface area contributed by atoms with Gasteiger partial charge in [0.15, 0.2) is 0 Å². The summed E-state index contributed by atoms with van der Waals surface area (Å²) in [4.78, 5) is 11.9. The fourth-order valence-corrected chi connectivity index (χ4v) is 5.23. The third-order valence-electron chi connectivity index (χ3n) is 7.37. The van der Waals surface area contributed by atoms with Crippen LogP contribution in [0.1, 0.15) is 44.1 Å². The number of methoxy groups -OCH3 is 1. The topological polar surface area (TPSA) is 77.4 Å². The first-order valence-corrected chi connectivity index (χ1v) is 12.2. The molecule has 6 nitrogen and oxygen atoms in total. The number of piperidine rings is 1. The number of benzene rings is 2. The van der Waals surface area contributed by atoms with Gasteiger partial charge in [-0.2, -0.15) is 9.97 Å². The average Bonchev–Trinajstić information content (AvgIpc) is 3.27. The summed E-state index contributed by atoms with van der Waals surface area (Å²) in [6.07, 6.45) is 6.82. The molecular weight excluding hydrogens is 424 g/mol. The molecule has 1 saturated carbocycles. The SMILES string of the molecule is COc1nc(N2CCCCC2)nc2oc(-c3ccc(C4(N)CCC4)cc3)c(-c3ccccc3)c12. The summed E-state index contributed by atoms with van der Waals surface area (Å²) in [6.45, 7) is 1.91. The molecule has 2 aromatic carbocycles. The highest BCUT2D eigenvalue weighted by Crippen LogP contribution is 2.45. The summed E-state index contributed by atoms with van der Waals surface area (Å²) < 4.78 is 12.3. The van der Waals surface area contributed by atoms with Crippen molar-refractivity contribution in [2.45, 2.75) is 44.1 Å². The Kier molecular flexibility index (Phi) is 5.26. The number of furan rings is 1. The van der Waals surface area contributed by atoms with Gasteiger partial charge in [-0.1, -0.05) is 54.6 Å². The molecule has 1 aliphatic carbocycles. The lowest BCUT2D eigenvalue weighted by Gasteiger charge is -2.38. The fourth-order valence-electron chi connectivity index (χ4n) is 5.23. The van der Waals surface area contributed by atoms with Crippen LogP contribution in [-0.2, 0) is 5.54 Å². The number of nitrogens with zero attached hydrogens (tertiary/aromatic N) is 3. The molecule has 0 bridgehead atoms. The first-order chi connectivity index (χ1) is 16.7. The number of hydrogen-bond acceptors (Lipinski definition) is 6. The van der Waals surface area contributed by atoms with E-state index in [9.17, 15) is 0 Å². The van der Waals surface area contributed by atoms with Crippen molar-refractivity contribution in [2.24, 2.45) is 5.73 Å². The molecule has 174 valence electrons. The van der Waals surface area contributed by atoms with Crippen LogP contribution in [0.5, 0.6) is 5.88 Å². The van der Waals surface area contributed by atoms with E-state index in [4.69, 9.17) is 24.9 Å². The van der Waals surface area contributed by atoms with Gasteiger partial charge in [-0.15, -0.1) is 0 Å². The number of rotatable bonds is 5. The minimum absolute atomic E-state index is 0.188. The van der Waals surface area contributed by atoms with Gasteiger partial charge in [-0.05, 0) is 49.7 Å². The van der Waals surface area contributed by atoms with Gasteiger partial charge in [-0.25, -0.2) is 0 Å². The first-order valence-electron chi connectivity index (χ1n) is 12.2. The van der Waals surface area contributed by atoms with Crippen LogP contribution in [0, 0.1) is 0 Å². The lowest BCUT2D eigenvalue weighted by molar-refractivity contribution is 0.253. The molecule has 0 unspecified atom stereocenters. The van der Waals surface area contributed by atoms with Crippen molar-refractivity contribution < 1.29 is 9.15 Å². The maximum atomic E-state index is 6.56. The van der Waals surface area contributed by atoms with E-state index in [2.05, 4.69) is 41.3 Å². The van der Waals surface area contributed by atoms with Gasteiger partial charge in [0.2, 0.25) is 17.5 Å². The molecule has 0 radical (unpaired) electrons. The molecule has 34 heavy (non-hydrogen) atoms. The zero-order valence-corrected chi connectivity index (χ0v) is 19.6. The van der Waals surface area contributed by atoms with Crippen LogP contribution in [0.3, 0.4) is 0 Å². The van der Waals surface area contributed by atoms with E-state index in [0.717, 1.165) is 66.6 Å². The van der Waals surface area contributed by atoms with Gasteiger partial charge >= 0.3 is 0 Å². The Morgan fingerprint density at radius 3 is 2.26 bits per heavy atom. The second kappa shape index (κ2) is 8.44. The van der Waals surface area contributed by atoms with E-state index in [0.29, 0.717) is 17.5 Å². The first kappa shape index (κ1) is 21.2. The van der Waals surface area contributed by atoms with Gasteiger partial charge in [-0.3, -0.25) is 0 Å². The molecule has 0 atom stereocenters. The van der Waals surface area contributed by atoms with E-state index in [-0.39, 0.29) is 5.54 Å². The standard InChI is InChI=1S/C28H30N4O2/c1-33-25-23-22(19-9-4-2-5-10-19)24(20-11-13-21(14-12-20)28(29)15-8-16-28)34-26(23)31-27(30-25)32-17-6-3-7-18-32/h2,4-5,9-14H,3,6-8,15-18,29H2,1H3. The van der Waals surface area contributed by atoms with E-state index < -0.39 is 0 Å². The van der Waals surface area contributed by atoms with Crippen LogP contribution in [0.4, 0.5) is 5.95 Å². The molecule has 6 rings (SSSR count). The van der Waals surface area contributed by atoms with Crippen molar-refractivity contribution in [3.05, 3.63) is 60.2 Å². The summed E-state index contributed by atoms with van der Waals surface area (Å²) in [5.41, 5.74) is 11.1. The van der Waals surface area contributed by atoms with Crippen molar-refractivity contribution in [2.75, 3.05) is 25.1 Å². The van der Waals surface area contributed by atoms with Crippen LogP contribution < -0.4 is 15.4 Å². The molecule has 4 aromatic rings. The van der Waals surface area contributed by atoms with Gasteiger partial charge in [0.05, 0.1) is 7.11 Å². The van der Waals surface area contributed by atoms with Gasteiger partial charge in [0, 0.05) is 29.8 Å². The molecule has 2 fully saturated rings. The third-order valence-corrected chi connectivity index (χ3v) is 7.37. The Bertz CT molecular complexity index is 1300. The zero-order valence-electron chi connectivity index (χ0n) is 19.6. The lowest BCUT2D eigenvalue weighted by Crippen LogP contribution is -2.43. The fraction of sp³-hybridized carbons (Fsp3) is 0.357. The Morgan fingerprint density at radius 2 is 1.62 bits per heavy atom. The highest BCUT2D eigenvalue weighted by Gasteiger charge is 2.34. The van der Waals surface area contributed by atoms with Crippen LogP contribution >= 0.6 is 0 Å². The van der Waals surface area contributed by atoms with Crippen LogP contribution in [-0.4, -0.2) is 30.2 Å². The molecule has 1 saturated heterocycles. The Morgan fingerprint density at radius 1 is 0.882 bits per heavy atom. The number of aromatic nitrogens is 2. The van der Waals surface area contributed by atoms with Gasteiger partial charge < -0.3 is 19.8 Å². The smallest absolute Gasteiger partial charge is 0.236 e. The Labute approximate surface area is 199 Å². The number of hydrogen-bond donors (Lipinski definition) is 1. The summed E-state index contributed by atoms with van der Waals surface area (Å²) >= 11 is 0. The number of nitrogens with two attached hydrogens (primary N) is 1. The number of anilines is 1. The molecule has 0 amide bonds. The minimum atomic E-state index is -0.188. The minimum Gasteiger partial charge on any atom is -0.480 e. The number of fused-ring (bicyclic) bond motifs is 1. The van der Waals surface area contributed by atoms with Crippen LogP contribution in [0.2, 0.25) is 0 Å². The van der Waals surface area contributed by atoms with Crippen molar-refractivity contribution in [1.29, 1.82) is 0 Å². The molecule has 2 aliphatic rings. The normalized spacial score (nSPS) is 17.5. The molecule has 0 spiro atoms. The van der Waals surface area contributed by atoms with Crippen LogP contribution in [0.15, 0.2) is 59.0 Å². The van der Waals surface area contributed by atoms with Crippen molar-refractivity contribution in [1.82, 2.24) is 9.97 Å². The highest BCUT2D eigenvalue weighted by molar-refractivity contribution is 6.03. The van der Waals surface area contributed by atoms with Crippen molar-refractivity contribution >= 4 is 17.0 Å². The number of ether oxygens (including phenoxy) is 1. The lowest BCUT2D eigenvalue weighted by atomic mass is 9.72. The second-order valence-electron chi connectivity index (χ2n) is 9.52. The maximum Gasteiger partial charge on any atom is 0.236 e. The summed E-state index contributed by atoms with van der Waals surface area (Å²) in [6, 6.07) is 18.7. The van der Waals surface area contributed by atoms with Crippen LogP contribution in [0.25, 0.3) is 33.6 Å². The van der Waals surface area contributed by atoms with E-state index in [1.54, 1.807) is 7.11 Å². The zero-order chi connectivity index (χ0) is 23.1. The van der Waals surface area contributed by atoms with Crippen molar-refractivity contribution in [3.8, 4) is 28.3 Å². The van der Waals surface area contributed by atoms with Crippen molar-refractivity contribution in [3.63, 3.8) is 0 Å². The second-order valence-corrected chi connectivity index (χ2v) is 9.52. The Hall–Kier alpha value is -3.38. The predicted molar refractivity (Wildman–Crippen MR) is 135 cm³/mol. The van der Waals surface area contributed by atoms with Gasteiger partial charge in [0.25, 0.3) is 0 Å². The summed E-state index contributed by atoms with van der Waals surface area (Å²) in [7, 11) is 1.66. The molecule has 3 heterocycles. The van der Waals surface area contributed by atoms with E-state index in [1.807, 2.05) is 18.2 Å². The molecule has 2 N–H and O–H groups in total. The quantitative estimate of drug-likeness (QED) is 0.405.